The summed E-state index contributed by atoms with van der Waals surface area (Å²) in [6.07, 6.45) is 3.57. The lowest BCUT2D eigenvalue weighted by Crippen LogP contribution is -2.46. The van der Waals surface area contributed by atoms with E-state index in [4.69, 9.17) is 12.2 Å². The Bertz CT molecular complexity index is 410. The van der Waals surface area contributed by atoms with Gasteiger partial charge in [-0.3, -0.25) is 0 Å². The molecule has 2 atom stereocenters. The number of halogens is 1. The van der Waals surface area contributed by atoms with Gasteiger partial charge in [-0.2, -0.15) is 0 Å². The standard InChI is InChI=1S/C13H17FN2OS/c14-9-5-7-10(8-6-9)15-13(18)16-11-3-1-2-4-12(11)17/h5-8,11-12,17H,1-4H2,(H2,15,16,18)/t11-,12+/m0/s1. The zero-order chi connectivity index (χ0) is 13.0. The fraction of sp³-hybridized carbons (Fsp3) is 0.462. The second-order valence-electron chi connectivity index (χ2n) is 4.56. The summed E-state index contributed by atoms with van der Waals surface area (Å²) in [5, 5.41) is 16.4. The first-order valence-electron chi connectivity index (χ1n) is 6.16. The second kappa shape index (κ2) is 6.11. The van der Waals surface area contributed by atoms with E-state index < -0.39 is 0 Å². The maximum absolute atomic E-state index is 12.7. The summed E-state index contributed by atoms with van der Waals surface area (Å²) in [7, 11) is 0. The van der Waals surface area contributed by atoms with Crippen molar-refractivity contribution in [3.05, 3.63) is 30.1 Å². The molecule has 0 aromatic heterocycles. The number of hydrogen-bond acceptors (Lipinski definition) is 2. The SMILES string of the molecule is O[C@@H]1CCCC[C@@H]1NC(=S)Nc1ccc(F)cc1. The minimum Gasteiger partial charge on any atom is -0.391 e. The van der Waals surface area contributed by atoms with Gasteiger partial charge in [0.2, 0.25) is 0 Å². The van der Waals surface area contributed by atoms with Gasteiger partial charge >= 0.3 is 0 Å². The van der Waals surface area contributed by atoms with E-state index in [9.17, 15) is 9.50 Å². The maximum atomic E-state index is 12.7. The van der Waals surface area contributed by atoms with Gasteiger partial charge in [-0.15, -0.1) is 0 Å². The number of hydrogen-bond donors (Lipinski definition) is 3. The van der Waals surface area contributed by atoms with Crippen LogP contribution in [-0.2, 0) is 0 Å². The molecule has 1 aromatic rings. The van der Waals surface area contributed by atoms with Crippen LogP contribution in [0.1, 0.15) is 25.7 Å². The summed E-state index contributed by atoms with van der Waals surface area (Å²) in [4.78, 5) is 0. The van der Waals surface area contributed by atoms with E-state index in [1.54, 1.807) is 12.1 Å². The average molecular weight is 268 g/mol. The van der Waals surface area contributed by atoms with Crippen molar-refractivity contribution in [3.63, 3.8) is 0 Å². The van der Waals surface area contributed by atoms with Crippen molar-refractivity contribution in [2.75, 3.05) is 5.32 Å². The van der Waals surface area contributed by atoms with Gasteiger partial charge in [0.05, 0.1) is 12.1 Å². The van der Waals surface area contributed by atoms with Crippen LogP contribution in [0.15, 0.2) is 24.3 Å². The molecule has 1 aliphatic rings. The van der Waals surface area contributed by atoms with Crippen molar-refractivity contribution in [1.82, 2.24) is 5.32 Å². The molecule has 0 heterocycles. The molecular weight excluding hydrogens is 251 g/mol. The number of rotatable bonds is 2. The molecule has 2 rings (SSSR count). The molecule has 98 valence electrons. The van der Waals surface area contributed by atoms with Gasteiger partial charge in [0.1, 0.15) is 5.82 Å². The van der Waals surface area contributed by atoms with Crippen LogP contribution < -0.4 is 10.6 Å². The Hall–Kier alpha value is -1.20. The van der Waals surface area contributed by atoms with Crippen molar-refractivity contribution in [3.8, 4) is 0 Å². The second-order valence-corrected chi connectivity index (χ2v) is 4.97. The lowest BCUT2D eigenvalue weighted by atomic mass is 9.93. The van der Waals surface area contributed by atoms with Crippen LogP contribution in [0, 0.1) is 5.82 Å². The molecule has 0 saturated heterocycles. The summed E-state index contributed by atoms with van der Waals surface area (Å²) < 4.78 is 12.7. The van der Waals surface area contributed by atoms with Gasteiger partial charge < -0.3 is 15.7 Å². The normalized spacial score (nSPS) is 23.4. The van der Waals surface area contributed by atoms with E-state index in [-0.39, 0.29) is 18.0 Å². The van der Waals surface area contributed by atoms with Crippen molar-refractivity contribution < 1.29 is 9.50 Å². The molecular formula is C13H17FN2OS. The highest BCUT2D eigenvalue weighted by Gasteiger charge is 2.23. The number of benzene rings is 1. The molecule has 1 aliphatic carbocycles. The van der Waals surface area contributed by atoms with E-state index in [1.165, 1.54) is 12.1 Å². The lowest BCUT2D eigenvalue weighted by molar-refractivity contribution is 0.100. The Morgan fingerprint density at radius 1 is 1.22 bits per heavy atom. The summed E-state index contributed by atoms with van der Waals surface area (Å²) in [6.45, 7) is 0. The largest absolute Gasteiger partial charge is 0.391 e. The molecule has 0 bridgehead atoms. The summed E-state index contributed by atoms with van der Waals surface area (Å²) in [5.74, 6) is -0.276. The maximum Gasteiger partial charge on any atom is 0.171 e. The number of aliphatic hydroxyl groups is 1. The smallest absolute Gasteiger partial charge is 0.171 e. The van der Waals surface area contributed by atoms with E-state index in [2.05, 4.69) is 10.6 Å². The molecule has 3 N–H and O–H groups in total. The first-order chi connectivity index (χ1) is 8.65. The zero-order valence-corrected chi connectivity index (χ0v) is 10.8. The molecule has 0 spiro atoms. The molecule has 1 fully saturated rings. The van der Waals surface area contributed by atoms with E-state index in [0.29, 0.717) is 5.11 Å². The molecule has 1 aromatic carbocycles. The predicted molar refractivity (Wildman–Crippen MR) is 74.0 cm³/mol. The molecule has 1 saturated carbocycles. The van der Waals surface area contributed by atoms with Crippen LogP contribution in [0.2, 0.25) is 0 Å². The highest BCUT2D eigenvalue weighted by Crippen LogP contribution is 2.18. The number of aliphatic hydroxyl groups excluding tert-OH is 1. The van der Waals surface area contributed by atoms with Crippen molar-refractivity contribution in [2.45, 2.75) is 37.8 Å². The van der Waals surface area contributed by atoms with Gasteiger partial charge in [-0.05, 0) is 49.3 Å². The fourth-order valence-electron chi connectivity index (χ4n) is 2.15. The third kappa shape index (κ3) is 3.65. The van der Waals surface area contributed by atoms with Crippen LogP contribution in [0.3, 0.4) is 0 Å². The monoisotopic (exact) mass is 268 g/mol. The Labute approximate surface area is 111 Å². The molecule has 0 aliphatic heterocycles. The fourth-order valence-corrected chi connectivity index (χ4v) is 2.42. The van der Waals surface area contributed by atoms with Gasteiger partial charge in [0.15, 0.2) is 5.11 Å². The first-order valence-corrected chi connectivity index (χ1v) is 6.57. The lowest BCUT2D eigenvalue weighted by Gasteiger charge is -2.29. The number of anilines is 1. The van der Waals surface area contributed by atoms with Crippen LogP contribution in [0.4, 0.5) is 10.1 Å². The van der Waals surface area contributed by atoms with Crippen LogP contribution in [-0.4, -0.2) is 22.4 Å². The average Bonchev–Trinajstić information content (AvgIpc) is 2.35. The Kier molecular flexibility index (Phi) is 4.49. The minimum absolute atomic E-state index is 0.0131. The van der Waals surface area contributed by atoms with Gasteiger partial charge in [0, 0.05) is 5.69 Å². The highest BCUT2D eigenvalue weighted by atomic mass is 32.1. The summed E-state index contributed by atoms with van der Waals surface area (Å²) in [6, 6.07) is 6.02. The highest BCUT2D eigenvalue weighted by molar-refractivity contribution is 7.80. The van der Waals surface area contributed by atoms with Crippen LogP contribution in [0.5, 0.6) is 0 Å². The van der Waals surface area contributed by atoms with Crippen LogP contribution >= 0.6 is 12.2 Å². The van der Waals surface area contributed by atoms with Crippen molar-refractivity contribution in [2.24, 2.45) is 0 Å². The third-order valence-corrected chi connectivity index (χ3v) is 3.37. The summed E-state index contributed by atoms with van der Waals surface area (Å²) in [5.41, 5.74) is 0.735. The molecule has 0 unspecified atom stereocenters. The molecule has 18 heavy (non-hydrogen) atoms. The Balaban J connectivity index is 1.86. The van der Waals surface area contributed by atoms with E-state index >= 15 is 0 Å². The molecule has 0 amide bonds. The quantitative estimate of drug-likeness (QED) is 0.721. The Morgan fingerprint density at radius 2 is 1.89 bits per heavy atom. The van der Waals surface area contributed by atoms with Gasteiger partial charge in [-0.1, -0.05) is 12.8 Å². The summed E-state index contributed by atoms with van der Waals surface area (Å²) >= 11 is 5.18. The van der Waals surface area contributed by atoms with Crippen molar-refractivity contribution >= 4 is 23.0 Å². The topological polar surface area (TPSA) is 44.3 Å². The van der Waals surface area contributed by atoms with E-state index in [1.807, 2.05) is 0 Å². The predicted octanol–water partition coefficient (Wildman–Crippen LogP) is 2.42. The molecule has 3 nitrogen and oxygen atoms in total. The zero-order valence-electron chi connectivity index (χ0n) is 10.0. The number of nitrogens with one attached hydrogen (secondary N) is 2. The van der Waals surface area contributed by atoms with Crippen molar-refractivity contribution in [1.29, 1.82) is 0 Å². The number of thiocarbonyl (C=S) groups is 1. The first kappa shape index (κ1) is 13.2. The van der Waals surface area contributed by atoms with E-state index in [0.717, 1.165) is 31.4 Å². The van der Waals surface area contributed by atoms with Crippen LogP contribution in [0.25, 0.3) is 0 Å². The Morgan fingerprint density at radius 3 is 2.56 bits per heavy atom. The van der Waals surface area contributed by atoms with Gasteiger partial charge in [-0.25, -0.2) is 4.39 Å². The molecule has 5 heteroatoms. The third-order valence-electron chi connectivity index (χ3n) is 3.15. The molecule has 0 radical (unpaired) electrons. The van der Waals surface area contributed by atoms with Gasteiger partial charge in [0.25, 0.3) is 0 Å². The minimum atomic E-state index is -0.341.